The number of nitrogens with zero attached hydrogens (tertiary/aromatic N) is 5. The molecule has 2 aliphatic heterocycles. The van der Waals surface area contributed by atoms with Crippen LogP contribution in [0.4, 0.5) is 30.7 Å². The molecule has 0 spiro atoms. The van der Waals surface area contributed by atoms with Gasteiger partial charge in [-0.15, -0.1) is 0 Å². The number of carbonyl (C=O) groups is 3. The molecule has 2 aliphatic rings. The van der Waals surface area contributed by atoms with Crippen LogP contribution in [0.5, 0.6) is 0 Å². The normalized spacial score (nSPS) is 17.4. The number of hydrogen-bond donors (Lipinski definition) is 1. The van der Waals surface area contributed by atoms with Crippen LogP contribution >= 0.6 is 0 Å². The number of carbonyl (C=O) groups excluding carboxylic acids is 3. The number of aliphatic imine (C=N–C) groups is 1. The number of amides is 2. The van der Waals surface area contributed by atoms with E-state index in [9.17, 15) is 45.1 Å². The van der Waals surface area contributed by atoms with Crippen LogP contribution < -0.4 is 5.73 Å². The maximum Gasteiger partial charge on any atom is 0.417 e. The lowest BCUT2D eigenvalue weighted by atomic mass is 9.84. The number of ketones is 1. The molecule has 9 nitrogen and oxygen atoms in total. The van der Waals surface area contributed by atoms with Gasteiger partial charge in [0.2, 0.25) is 0 Å². The van der Waals surface area contributed by atoms with Crippen LogP contribution in [0.1, 0.15) is 74.8 Å². The Kier molecular flexibility index (Phi) is 9.36. The van der Waals surface area contributed by atoms with Crippen LogP contribution in [0.25, 0.3) is 11.4 Å². The van der Waals surface area contributed by atoms with Crippen molar-refractivity contribution in [3.63, 3.8) is 0 Å². The van der Waals surface area contributed by atoms with Crippen LogP contribution in [0.2, 0.25) is 0 Å². The summed E-state index contributed by atoms with van der Waals surface area (Å²) in [5.41, 5.74) is 4.26. The van der Waals surface area contributed by atoms with Gasteiger partial charge in [-0.05, 0) is 61.2 Å². The predicted octanol–water partition coefficient (Wildman–Crippen LogP) is 6.95. The first-order valence-corrected chi connectivity index (χ1v) is 15.9. The molecule has 0 saturated carbocycles. The molecule has 270 valence electrons. The van der Waals surface area contributed by atoms with E-state index < -0.39 is 78.4 Å². The van der Waals surface area contributed by atoms with Gasteiger partial charge in [0.15, 0.2) is 23.1 Å². The van der Waals surface area contributed by atoms with Crippen molar-refractivity contribution in [2.45, 2.75) is 63.7 Å². The zero-order chi connectivity index (χ0) is 37.6. The van der Waals surface area contributed by atoms with E-state index in [2.05, 4.69) is 15.0 Å². The highest BCUT2D eigenvalue weighted by Gasteiger charge is 2.49. The maximum atomic E-state index is 14.2. The minimum atomic E-state index is -4.94. The van der Waals surface area contributed by atoms with Gasteiger partial charge in [0, 0.05) is 35.9 Å². The monoisotopic (exact) mass is 726 g/mol. The van der Waals surface area contributed by atoms with Crippen LogP contribution in [-0.4, -0.2) is 49.5 Å². The SMILES string of the molecule is CC(=O)c1cccc(-c2ncc3c(n2)CN(C(=O)c2cc(CN4C(=O)[C@@](CCCC(F)(F)F)(c5ccc(F)cc5)N=C4N)ccc2C(F)(F)F)C3)c1. The molecule has 2 amide bonds. The highest BCUT2D eigenvalue weighted by atomic mass is 19.4. The molecule has 16 heteroatoms. The number of nitrogens with two attached hydrogens (primary N) is 1. The molecule has 2 N–H and O–H groups in total. The topological polar surface area (TPSA) is 122 Å². The fourth-order valence-electron chi connectivity index (χ4n) is 6.33. The first kappa shape index (κ1) is 36.1. The highest BCUT2D eigenvalue weighted by Crippen LogP contribution is 2.40. The molecule has 1 atom stereocenters. The molecule has 0 radical (unpaired) electrons. The van der Waals surface area contributed by atoms with Gasteiger partial charge in [-0.25, -0.2) is 19.4 Å². The lowest BCUT2D eigenvalue weighted by Gasteiger charge is -2.27. The molecule has 3 heterocycles. The summed E-state index contributed by atoms with van der Waals surface area (Å²) >= 11 is 0. The first-order chi connectivity index (χ1) is 24.4. The van der Waals surface area contributed by atoms with Gasteiger partial charge in [-0.1, -0.05) is 36.4 Å². The van der Waals surface area contributed by atoms with Crippen molar-refractivity contribution in [2.75, 3.05) is 0 Å². The Balaban J connectivity index is 1.27. The fraction of sp³-hybridized carbons (Fsp3) is 0.278. The van der Waals surface area contributed by atoms with E-state index in [1.54, 1.807) is 24.3 Å². The number of Topliss-reactive ketones (excluding diaryl/α,β-unsaturated/α-hetero) is 1. The highest BCUT2D eigenvalue weighted by molar-refractivity contribution is 6.07. The lowest BCUT2D eigenvalue weighted by Crippen LogP contribution is -2.42. The number of guanidine groups is 1. The van der Waals surface area contributed by atoms with Gasteiger partial charge in [0.1, 0.15) is 5.82 Å². The third kappa shape index (κ3) is 7.22. The van der Waals surface area contributed by atoms with E-state index in [0.29, 0.717) is 28.5 Å². The summed E-state index contributed by atoms with van der Waals surface area (Å²) in [6, 6.07) is 13.8. The van der Waals surface area contributed by atoms with Gasteiger partial charge in [-0.3, -0.25) is 19.3 Å². The minimum Gasteiger partial charge on any atom is -0.369 e. The molecule has 0 unspecified atom stereocenters. The summed E-state index contributed by atoms with van der Waals surface area (Å²) in [5.74, 6) is -2.81. The van der Waals surface area contributed by atoms with E-state index in [1.807, 2.05) is 0 Å². The van der Waals surface area contributed by atoms with Crippen molar-refractivity contribution in [3.8, 4) is 11.4 Å². The summed E-state index contributed by atoms with van der Waals surface area (Å²) in [6.07, 6.45) is -10.2. The number of fused-ring (bicyclic) bond motifs is 1. The zero-order valence-corrected chi connectivity index (χ0v) is 27.4. The largest absolute Gasteiger partial charge is 0.417 e. The van der Waals surface area contributed by atoms with Crippen LogP contribution in [0.15, 0.2) is 77.9 Å². The molecule has 0 saturated heterocycles. The lowest BCUT2D eigenvalue weighted by molar-refractivity contribution is -0.139. The van der Waals surface area contributed by atoms with Gasteiger partial charge in [-0.2, -0.15) is 26.3 Å². The van der Waals surface area contributed by atoms with Crippen molar-refractivity contribution in [1.82, 2.24) is 19.8 Å². The Bertz CT molecular complexity index is 2100. The van der Waals surface area contributed by atoms with Crippen molar-refractivity contribution in [2.24, 2.45) is 10.7 Å². The van der Waals surface area contributed by atoms with E-state index in [-0.39, 0.29) is 35.8 Å². The second-order valence-electron chi connectivity index (χ2n) is 12.5. The zero-order valence-electron chi connectivity index (χ0n) is 27.4. The molecule has 52 heavy (non-hydrogen) atoms. The van der Waals surface area contributed by atoms with Gasteiger partial charge < -0.3 is 10.6 Å². The number of alkyl halides is 6. The first-order valence-electron chi connectivity index (χ1n) is 15.9. The Hall–Kier alpha value is -5.67. The quantitative estimate of drug-likeness (QED) is 0.147. The van der Waals surface area contributed by atoms with Crippen molar-refractivity contribution >= 4 is 23.6 Å². The Morgan fingerprint density at radius 1 is 0.962 bits per heavy atom. The average molecular weight is 727 g/mol. The maximum absolute atomic E-state index is 14.2. The third-order valence-electron chi connectivity index (χ3n) is 8.93. The molecule has 0 fully saturated rings. The minimum absolute atomic E-state index is 0.0530. The van der Waals surface area contributed by atoms with Gasteiger partial charge >= 0.3 is 12.4 Å². The van der Waals surface area contributed by atoms with E-state index in [4.69, 9.17) is 5.73 Å². The Labute approximate surface area is 292 Å². The van der Waals surface area contributed by atoms with Gasteiger partial charge in [0.05, 0.1) is 29.9 Å². The summed E-state index contributed by atoms with van der Waals surface area (Å²) in [7, 11) is 0. The molecule has 3 aromatic carbocycles. The average Bonchev–Trinajstić information content (AvgIpc) is 3.62. The van der Waals surface area contributed by atoms with Crippen LogP contribution in [-0.2, 0) is 36.1 Å². The summed E-state index contributed by atoms with van der Waals surface area (Å²) < 4.78 is 95.6. The third-order valence-corrected chi connectivity index (χ3v) is 8.93. The second-order valence-corrected chi connectivity index (χ2v) is 12.5. The number of halogens is 7. The number of rotatable bonds is 9. The van der Waals surface area contributed by atoms with E-state index in [1.165, 1.54) is 30.2 Å². The van der Waals surface area contributed by atoms with Crippen LogP contribution in [0.3, 0.4) is 0 Å². The summed E-state index contributed by atoms with van der Waals surface area (Å²) in [5, 5.41) is 0. The molecule has 6 rings (SSSR count). The summed E-state index contributed by atoms with van der Waals surface area (Å²) in [6.45, 7) is 0.709. The van der Waals surface area contributed by atoms with E-state index in [0.717, 1.165) is 29.2 Å². The Morgan fingerprint density at radius 2 is 1.69 bits per heavy atom. The molecular formula is C36H29F7N6O3. The standard InChI is InChI=1S/C36H29F7N6O3/c1-20(50)22-4-2-5-23(15-22)30-45-16-24-18-48(19-29(24)46-30)31(51)27-14-21(6-11-28(27)36(41,42)43)17-49-32(52)34(47-33(49)44,12-3-13-35(38,39)40)25-7-9-26(37)10-8-25/h2,4-11,14-16H,3,12-13,17-19H2,1H3,(H2,44,47)/t34-/m1/s1. The molecule has 0 bridgehead atoms. The number of benzene rings is 3. The molecule has 4 aromatic rings. The summed E-state index contributed by atoms with van der Waals surface area (Å²) in [4.78, 5) is 54.7. The predicted molar refractivity (Wildman–Crippen MR) is 173 cm³/mol. The van der Waals surface area contributed by atoms with Crippen molar-refractivity contribution < 1.29 is 45.1 Å². The number of hydrogen-bond acceptors (Lipinski definition) is 7. The Morgan fingerprint density at radius 3 is 2.37 bits per heavy atom. The molecular weight excluding hydrogens is 697 g/mol. The van der Waals surface area contributed by atoms with E-state index >= 15 is 0 Å². The van der Waals surface area contributed by atoms with Crippen molar-refractivity contribution in [3.05, 3.63) is 118 Å². The second kappa shape index (κ2) is 13.5. The smallest absolute Gasteiger partial charge is 0.369 e. The fourth-order valence-corrected chi connectivity index (χ4v) is 6.33. The van der Waals surface area contributed by atoms with Crippen LogP contribution in [0, 0.1) is 5.82 Å². The molecule has 1 aromatic heterocycles. The van der Waals surface area contributed by atoms with Gasteiger partial charge in [0.25, 0.3) is 11.8 Å². The molecule has 0 aliphatic carbocycles. The van der Waals surface area contributed by atoms with Crippen molar-refractivity contribution in [1.29, 1.82) is 0 Å². The number of aromatic nitrogens is 2.